The summed E-state index contributed by atoms with van der Waals surface area (Å²) in [5.74, 6) is -0.316. The van der Waals surface area contributed by atoms with Crippen LogP contribution in [-0.4, -0.2) is 14.6 Å². The molecule has 0 saturated carbocycles. The summed E-state index contributed by atoms with van der Waals surface area (Å²) < 4.78 is 14.7. The zero-order valence-electron chi connectivity index (χ0n) is 14.4. The number of fused-ring (bicyclic) bond motifs is 1. The first-order valence-electron chi connectivity index (χ1n) is 8.63. The fourth-order valence-electron chi connectivity index (χ4n) is 3.19. The van der Waals surface area contributed by atoms with Gasteiger partial charge in [0.15, 0.2) is 5.65 Å². The predicted molar refractivity (Wildman–Crippen MR) is 101 cm³/mol. The van der Waals surface area contributed by atoms with Gasteiger partial charge in [-0.2, -0.15) is 0 Å². The molecule has 2 aromatic heterocycles. The minimum atomic E-state index is -0.316. The van der Waals surface area contributed by atoms with Gasteiger partial charge >= 0.3 is 0 Å². The second kappa shape index (κ2) is 6.59. The van der Waals surface area contributed by atoms with E-state index in [0.717, 1.165) is 29.7 Å². The van der Waals surface area contributed by atoms with Crippen molar-refractivity contribution in [2.24, 2.45) is 0 Å². The topological polar surface area (TPSA) is 50.2 Å². The van der Waals surface area contributed by atoms with Gasteiger partial charge in [0.25, 0.3) is 5.56 Å². The Bertz CT molecular complexity index is 1110. The van der Waals surface area contributed by atoms with Gasteiger partial charge in [-0.25, -0.2) is 13.9 Å². The number of nitrogens with one attached hydrogen (secondary N) is 1. The summed E-state index contributed by atoms with van der Waals surface area (Å²) in [6, 6.07) is 17.4. The van der Waals surface area contributed by atoms with Gasteiger partial charge in [0, 0.05) is 22.9 Å². The Morgan fingerprint density at radius 2 is 1.77 bits per heavy atom. The van der Waals surface area contributed by atoms with Crippen LogP contribution >= 0.6 is 0 Å². The van der Waals surface area contributed by atoms with Gasteiger partial charge in [0.05, 0.1) is 5.69 Å². The third kappa shape index (κ3) is 2.81. The summed E-state index contributed by atoms with van der Waals surface area (Å²) in [5.41, 5.74) is 4.59. The summed E-state index contributed by atoms with van der Waals surface area (Å²) in [4.78, 5) is 17.4. The van der Waals surface area contributed by atoms with Gasteiger partial charge in [-0.3, -0.25) is 9.89 Å². The number of benzene rings is 2. The van der Waals surface area contributed by atoms with Crippen LogP contribution in [0.3, 0.4) is 0 Å². The summed E-state index contributed by atoms with van der Waals surface area (Å²) >= 11 is 0. The van der Waals surface area contributed by atoms with Gasteiger partial charge in [-0.05, 0) is 36.2 Å². The molecule has 2 aromatic carbocycles. The van der Waals surface area contributed by atoms with Gasteiger partial charge in [0.2, 0.25) is 0 Å². The Morgan fingerprint density at radius 1 is 1.04 bits per heavy atom. The largest absolute Gasteiger partial charge is 0.293 e. The Morgan fingerprint density at radius 3 is 2.46 bits per heavy atom. The first-order chi connectivity index (χ1) is 12.7. The predicted octanol–water partition coefficient (Wildman–Crippen LogP) is 4.45. The lowest BCUT2D eigenvalue weighted by atomic mass is 10.0. The molecule has 4 nitrogen and oxygen atoms in total. The number of halogens is 1. The first kappa shape index (κ1) is 16.3. The molecule has 0 aliphatic heterocycles. The molecule has 26 heavy (non-hydrogen) atoms. The van der Waals surface area contributed by atoms with E-state index in [0.29, 0.717) is 16.9 Å². The lowest BCUT2D eigenvalue weighted by molar-refractivity contribution is 0.628. The van der Waals surface area contributed by atoms with Crippen LogP contribution in [0.4, 0.5) is 4.39 Å². The van der Waals surface area contributed by atoms with Crippen molar-refractivity contribution in [3.8, 4) is 22.4 Å². The molecule has 5 heteroatoms. The molecular weight excluding hydrogens is 329 g/mol. The highest BCUT2D eigenvalue weighted by molar-refractivity contribution is 5.81. The smallest absolute Gasteiger partial charge is 0.273 e. The number of aryl methyl sites for hydroxylation is 1. The summed E-state index contributed by atoms with van der Waals surface area (Å²) in [5, 5.41) is 3.20. The molecule has 2 heterocycles. The van der Waals surface area contributed by atoms with Crippen molar-refractivity contribution in [2.75, 3.05) is 0 Å². The van der Waals surface area contributed by atoms with Gasteiger partial charge < -0.3 is 0 Å². The summed E-state index contributed by atoms with van der Waals surface area (Å²) in [6.45, 7) is 2.10. The van der Waals surface area contributed by atoms with E-state index in [1.165, 1.54) is 22.7 Å². The molecule has 0 unspecified atom stereocenters. The number of H-pyrrole nitrogens is 1. The average molecular weight is 347 g/mol. The molecule has 0 bridgehead atoms. The molecule has 0 aliphatic carbocycles. The van der Waals surface area contributed by atoms with Crippen molar-refractivity contribution < 1.29 is 4.39 Å². The quantitative estimate of drug-likeness (QED) is 0.593. The maximum Gasteiger partial charge on any atom is 0.273 e. The molecule has 0 atom stereocenters. The van der Waals surface area contributed by atoms with E-state index in [9.17, 15) is 9.18 Å². The van der Waals surface area contributed by atoms with Crippen LogP contribution in [-0.2, 0) is 6.42 Å². The normalized spacial score (nSPS) is 11.2. The molecule has 130 valence electrons. The zero-order valence-corrected chi connectivity index (χ0v) is 14.4. The van der Waals surface area contributed by atoms with Crippen molar-refractivity contribution in [1.82, 2.24) is 14.6 Å². The Labute approximate surface area is 149 Å². The fraction of sp³-hybridized carbons (Fsp3) is 0.143. The van der Waals surface area contributed by atoms with E-state index in [1.807, 2.05) is 30.3 Å². The SMILES string of the molecule is CCCc1[nH]n2c(=O)cc(-c3ccc(F)cc3)nc2c1-c1ccccc1. The standard InChI is InChI=1S/C21H18FN3O/c1-2-6-17-20(15-7-4-3-5-8-15)21-23-18(13-19(26)25(21)24-17)14-9-11-16(22)12-10-14/h3-5,7-13,24H,2,6H2,1H3. The maximum absolute atomic E-state index is 13.2. The van der Waals surface area contributed by atoms with Crippen LogP contribution in [0.1, 0.15) is 19.0 Å². The highest BCUT2D eigenvalue weighted by Crippen LogP contribution is 2.29. The monoisotopic (exact) mass is 347 g/mol. The van der Waals surface area contributed by atoms with Crippen LogP contribution in [0.2, 0.25) is 0 Å². The maximum atomic E-state index is 13.2. The molecule has 1 N–H and O–H groups in total. The minimum Gasteiger partial charge on any atom is -0.293 e. The molecule has 0 aliphatic rings. The van der Waals surface area contributed by atoms with Crippen LogP contribution in [0.15, 0.2) is 65.5 Å². The van der Waals surface area contributed by atoms with Gasteiger partial charge in [-0.15, -0.1) is 0 Å². The number of aromatic nitrogens is 3. The Balaban J connectivity index is 2.00. The Hall–Kier alpha value is -3.21. The number of hydrogen-bond acceptors (Lipinski definition) is 2. The van der Waals surface area contributed by atoms with Gasteiger partial charge in [-0.1, -0.05) is 43.7 Å². The number of rotatable bonds is 4. The highest BCUT2D eigenvalue weighted by Gasteiger charge is 2.17. The zero-order chi connectivity index (χ0) is 18.1. The van der Waals surface area contributed by atoms with Crippen molar-refractivity contribution in [1.29, 1.82) is 0 Å². The van der Waals surface area contributed by atoms with Crippen molar-refractivity contribution in [3.05, 3.63) is 82.5 Å². The number of aromatic amines is 1. The lowest BCUT2D eigenvalue weighted by Gasteiger charge is -2.04. The van der Waals surface area contributed by atoms with Crippen molar-refractivity contribution >= 4 is 5.65 Å². The molecule has 0 saturated heterocycles. The second-order valence-corrected chi connectivity index (χ2v) is 6.23. The van der Waals surface area contributed by atoms with Crippen molar-refractivity contribution in [3.63, 3.8) is 0 Å². The van der Waals surface area contributed by atoms with E-state index in [2.05, 4.69) is 12.0 Å². The molecule has 0 fully saturated rings. The fourth-order valence-corrected chi connectivity index (χ4v) is 3.19. The lowest BCUT2D eigenvalue weighted by Crippen LogP contribution is -2.14. The van der Waals surface area contributed by atoms with Gasteiger partial charge in [0.1, 0.15) is 5.82 Å². The van der Waals surface area contributed by atoms with Crippen LogP contribution in [0, 0.1) is 5.82 Å². The molecule has 0 radical (unpaired) electrons. The molecular formula is C21H18FN3O. The molecule has 4 rings (SSSR count). The summed E-state index contributed by atoms with van der Waals surface area (Å²) in [6.07, 6.45) is 1.77. The van der Waals surface area contributed by atoms with Crippen LogP contribution < -0.4 is 5.56 Å². The van der Waals surface area contributed by atoms with E-state index < -0.39 is 0 Å². The molecule has 0 spiro atoms. The van der Waals surface area contributed by atoms with E-state index in [4.69, 9.17) is 4.98 Å². The van der Waals surface area contributed by atoms with E-state index in [-0.39, 0.29) is 11.4 Å². The van der Waals surface area contributed by atoms with Crippen LogP contribution in [0.5, 0.6) is 0 Å². The van der Waals surface area contributed by atoms with E-state index in [1.54, 1.807) is 12.1 Å². The van der Waals surface area contributed by atoms with Crippen LogP contribution in [0.25, 0.3) is 28.0 Å². The highest BCUT2D eigenvalue weighted by atomic mass is 19.1. The van der Waals surface area contributed by atoms with E-state index >= 15 is 0 Å². The average Bonchev–Trinajstić information content (AvgIpc) is 3.02. The Kier molecular flexibility index (Phi) is 4.13. The minimum absolute atomic E-state index is 0.186. The number of hydrogen-bond donors (Lipinski definition) is 1. The third-order valence-corrected chi connectivity index (χ3v) is 4.39. The number of nitrogens with zero attached hydrogens (tertiary/aromatic N) is 2. The summed E-state index contributed by atoms with van der Waals surface area (Å²) in [7, 11) is 0. The first-order valence-corrected chi connectivity index (χ1v) is 8.63. The molecule has 0 amide bonds. The molecule has 4 aromatic rings. The van der Waals surface area contributed by atoms with Crippen molar-refractivity contribution in [2.45, 2.75) is 19.8 Å². The third-order valence-electron chi connectivity index (χ3n) is 4.39. The second-order valence-electron chi connectivity index (χ2n) is 6.23.